The molecule has 1 aromatic rings. The topological polar surface area (TPSA) is 83.6 Å². The van der Waals surface area contributed by atoms with Gasteiger partial charge in [-0.15, -0.1) is 0 Å². The molecule has 1 aliphatic heterocycles. The Morgan fingerprint density at radius 3 is 2.64 bits per heavy atom. The lowest BCUT2D eigenvalue weighted by Gasteiger charge is -2.32. The van der Waals surface area contributed by atoms with Crippen LogP contribution in [-0.2, 0) is 9.53 Å². The highest BCUT2D eigenvalue weighted by Crippen LogP contribution is 2.15. The summed E-state index contributed by atoms with van der Waals surface area (Å²) in [4.78, 5) is 29.8. The lowest BCUT2D eigenvalue weighted by atomic mass is 10.0. The number of ether oxygens (including phenoxy) is 1. The molecule has 0 unspecified atom stereocenters. The van der Waals surface area contributed by atoms with Crippen LogP contribution in [0.15, 0.2) is 18.3 Å². The number of anilines is 1. The summed E-state index contributed by atoms with van der Waals surface area (Å²) in [6.45, 7) is 7.17. The molecule has 0 aliphatic carbocycles. The number of hydrogen-bond acceptors (Lipinski definition) is 6. The number of pyridine rings is 1. The van der Waals surface area contributed by atoms with E-state index in [2.05, 4.69) is 20.5 Å². The molecule has 1 amide bonds. The van der Waals surface area contributed by atoms with E-state index < -0.39 is 0 Å². The molecule has 7 nitrogen and oxygen atoms in total. The SMILES string of the molecule is CCCNC(=O)CN1CCC(Nc2ccc(C(=O)OCC)cn2)CC1. The van der Waals surface area contributed by atoms with E-state index >= 15 is 0 Å². The van der Waals surface area contributed by atoms with E-state index in [-0.39, 0.29) is 11.9 Å². The van der Waals surface area contributed by atoms with E-state index in [0.717, 1.165) is 44.7 Å². The van der Waals surface area contributed by atoms with Crippen LogP contribution >= 0.6 is 0 Å². The maximum atomic E-state index is 11.8. The van der Waals surface area contributed by atoms with Gasteiger partial charge in [0, 0.05) is 31.9 Å². The Balaban J connectivity index is 1.74. The number of carbonyl (C=O) groups is 2. The molecular formula is C18H28N4O3. The van der Waals surface area contributed by atoms with Crippen LogP contribution in [0, 0.1) is 0 Å². The predicted octanol–water partition coefficient (Wildman–Crippen LogP) is 1.66. The first kappa shape index (κ1) is 19.2. The second-order valence-corrected chi connectivity index (χ2v) is 6.20. The van der Waals surface area contributed by atoms with Crippen LogP contribution in [0.2, 0.25) is 0 Å². The van der Waals surface area contributed by atoms with Gasteiger partial charge in [-0.2, -0.15) is 0 Å². The predicted molar refractivity (Wildman–Crippen MR) is 96.6 cm³/mol. The number of likely N-dealkylation sites (tertiary alicyclic amines) is 1. The van der Waals surface area contributed by atoms with Crippen molar-refractivity contribution in [2.45, 2.75) is 39.2 Å². The zero-order valence-corrected chi connectivity index (χ0v) is 15.1. The Bertz CT molecular complexity index is 554. The Kier molecular flexibility index (Phi) is 7.66. The van der Waals surface area contributed by atoms with Crippen molar-refractivity contribution in [2.75, 3.05) is 38.1 Å². The summed E-state index contributed by atoms with van der Waals surface area (Å²) in [5.74, 6) is 0.507. The summed E-state index contributed by atoms with van der Waals surface area (Å²) in [7, 11) is 0. The summed E-state index contributed by atoms with van der Waals surface area (Å²) in [5.41, 5.74) is 0.459. The zero-order chi connectivity index (χ0) is 18.1. The second-order valence-electron chi connectivity index (χ2n) is 6.20. The molecule has 1 aromatic heterocycles. The van der Waals surface area contributed by atoms with Gasteiger partial charge in [-0.1, -0.05) is 6.92 Å². The molecule has 1 fully saturated rings. The number of nitrogens with one attached hydrogen (secondary N) is 2. The van der Waals surface area contributed by atoms with Crippen molar-refractivity contribution >= 4 is 17.7 Å². The van der Waals surface area contributed by atoms with Crippen LogP contribution in [0.5, 0.6) is 0 Å². The number of rotatable bonds is 8. The Hall–Kier alpha value is -2.15. The largest absolute Gasteiger partial charge is 0.462 e. The molecule has 0 spiro atoms. The molecule has 0 radical (unpaired) electrons. The maximum absolute atomic E-state index is 11.8. The molecule has 1 saturated heterocycles. The average molecular weight is 348 g/mol. The van der Waals surface area contributed by atoms with Crippen LogP contribution in [0.3, 0.4) is 0 Å². The first-order chi connectivity index (χ1) is 12.1. The van der Waals surface area contributed by atoms with Gasteiger partial charge in [-0.3, -0.25) is 9.69 Å². The van der Waals surface area contributed by atoms with Crippen LogP contribution in [0.25, 0.3) is 0 Å². The third kappa shape index (κ3) is 6.34. The van der Waals surface area contributed by atoms with Crippen LogP contribution in [-0.4, -0.2) is 60.6 Å². The van der Waals surface area contributed by atoms with Crippen molar-refractivity contribution in [3.63, 3.8) is 0 Å². The van der Waals surface area contributed by atoms with Crippen molar-refractivity contribution in [1.29, 1.82) is 0 Å². The number of nitrogens with zero attached hydrogens (tertiary/aromatic N) is 2. The second kappa shape index (κ2) is 9.98. The molecule has 7 heteroatoms. The number of amides is 1. The van der Waals surface area contributed by atoms with Gasteiger partial charge in [-0.05, 0) is 38.3 Å². The summed E-state index contributed by atoms with van der Waals surface area (Å²) in [5, 5.41) is 6.31. The van der Waals surface area contributed by atoms with Crippen LogP contribution in [0.1, 0.15) is 43.5 Å². The minimum atomic E-state index is -0.351. The van der Waals surface area contributed by atoms with E-state index in [1.165, 1.54) is 6.20 Å². The zero-order valence-electron chi connectivity index (χ0n) is 15.1. The molecule has 25 heavy (non-hydrogen) atoms. The van der Waals surface area contributed by atoms with E-state index in [4.69, 9.17) is 4.74 Å². The summed E-state index contributed by atoms with van der Waals surface area (Å²) >= 11 is 0. The molecule has 1 aliphatic rings. The normalized spacial score (nSPS) is 15.6. The number of aromatic nitrogens is 1. The average Bonchev–Trinajstić information content (AvgIpc) is 2.62. The van der Waals surface area contributed by atoms with Gasteiger partial charge in [0.25, 0.3) is 0 Å². The standard InChI is InChI=1S/C18H28N4O3/c1-3-9-19-17(23)13-22-10-7-15(8-11-22)21-16-6-5-14(12-20-16)18(24)25-4-2/h5-6,12,15H,3-4,7-11,13H2,1-2H3,(H,19,23)(H,20,21). The first-order valence-corrected chi connectivity index (χ1v) is 9.01. The fraction of sp³-hybridized carbons (Fsp3) is 0.611. The van der Waals surface area contributed by atoms with E-state index in [9.17, 15) is 9.59 Å². The van der Waals surface area contributed by atoms with E-state index in [1.807, 2.05) is 6.92 Å². The highest BCUT2D eigenvalue weighted by atomic mass is 16.5. The Morgan fingerprint density at radius 2 is 2.04 bits per heavy atom. The smallest absolute Gasteiger partial charge is 0.339 e. The number of piperidine rings is 1. The van der Waals surface area contributed by atoms with Gasteiger partial charge in [0.1, 0.15) is 5.82 Å². The van der Waals surface area contributed by atoms with Crippen LogP contribution < -0.4 is 10.6 Å². The number of carbonyl (C=O) groups excluding carboxylic acids is 2. The van der Waals surface area contributed by atoms with Gasteiger partial charge in [0.2, 0.25) is 5.91 Å². The van der Waals surface area contributed by atoms with Crippen molar-refractivity contribution in [3.05, 3.63) is 23.9 Å². The fourth-order valence-electron chi connectivity index (χ4n) is 2.78. The third-order valence-corrected chi connectivity index (χ3v) is 4.15. The Labute approximate surface area is 149 Å². The van der Waals surface area contributed by atoms with Gasteiger partial charge in [0.15, 0.2) is 0 Å². The molecule has 2 N–H and O–H groups in total. The highest BCUT2D eigenvalue weighted by Gasteiger charge is 2.21. The highest BCUT2D eigenvalue weighted by molar-refractivity contribution is 5.89. The molecular weight excluding hydrogens is 320 g/mol. The fourth-order valence-corrected chi connectivity index (χ4v) is 2.78. The van der Waals surface area contributed by atoms with Gasteiger partial charge >= 0.3 is 5.97 Å². The van der Waals surface area contributed by atoms with Gasteiger partial charge in [0.05, 0.1) is 18.7 Å². The number of hydrogen-bond donors (Lipinski definition) is 2. The lowest BCUT2D eigenvalue weighted by molar-refractivity contribution is -0.122. The van der Waals surface area contributed by atoms with Crippen molar-refractivity contribution < 1.29 is 14.3 Å². The molecule has 0 bridgehead atoms. The van der Waals surface area contributed by atoms with Gasteiger partial charge in [-0.25, -0.2) is 9.78 Å². The lowest BCUT2D eigenvalue weighted by Crippen LogP contribution is -2.44. The van der Waals surface area contributed by atoms with E-state index in [1.54, 1.807) is 19.1 Å². The quantitative estimate of drug-likeness (QED) is 0.695. The van der Waals surface area contributed by atoms with Gasteiger partial charge < -0.3 is 15.4 Å². The minimum Gasteiger partial charge on any atom is -0.462 e. The molecule has 2 heterocycles. The minimum absolute atomic E-state index is 0.101. The Morgan fingerprint density at radius 1 is 1.28 bits per heavy atom. The molecule has 138 valence electrons. The monoisotopic (exact) mass is 348 g/mol. The van der Waals surface area contributed by atoms with Crippen molar-refractivity contribution in [2.24, 2.45) is 0 Å². The summed E-state index contributed by atoms with van der Waals surface area (Å²) in [6.07, 6.45) is 4.41. The van der Waals surface area contributed by atoms with Crippen molar-refractivity contribution in [3.8, 4) is 0 Å². The molecule has 0 aromatic carbocycles. The third-order valence-electron chi connectivity index (χ3n) is 4.15. The van der Waals surface area contributed by atoms with E-state index in [0.29, 0.717) is 24.8 Å². The summed E-state index contributed by atoms with van der Waals surface area (Å²) < 4.78 is 4.95. The van der Waals surface area contributed by atoms with Crippen molar-refractivity contribution in [1.82, 2.24) is 15.2 Å². The molecule has 0 atom stereocenters. The summed E-state index contributed by atoms with van der Waals surface area (Å²) in [6, 6.07) is 3.85. The van der Waals surface area contributed by atoms with Crippen LogP contribution in [0.4, 0.5) is 5.82 Å². The molecule has 0 saturated carbocycles. The first-order valence-electron chi connectivity index (χ1n) is 9.01. The maximum Gasteiger partial charge on any atom is 0.339 e. The number of esters is 1. The molecule has 2 rings (SSSR count).